The largest absolute Gasteiger partial charge is 0.308 e. The second kappa shape index (κ2) is 5.24. The molecule has 2 N–H and O–H groups in total. The summed E-state index contributed by atoms with van der Waals surface area (Å²) in [6.07, 6.45) is -0.442. The standard InChI is InChI=1S/C17H14N4O3/c18-16-17(22)20-7-6-11-8-12(21(23)24)9-13(15(11)20)14(19-16)10-4-2-1-3-5-10/h1-5,8-9,16H,6-7,18H2. The van der Waals surface area contributed by atoms with Gasteiger partial charge in [0.2, 0.25) is 0 Å². The first kappa shape index (κ1) is 14.5. The van der Waals surface area contributed by atoms with Crippen molar-refractivity contribution in [1.29, 1.82) is 0 Å². The Morgan fingerprint density at radius 3 is 2.71 bits per heavy atom. The van der Waals surface area contributed by atoms with Gasteiger partial charge in [-0.15, -0.1) is 0 Å². The number of non-ortho nitro benzene ring substituents is 1. The van der Waals surface area contributed by atoms with E-state index in [9.17, 15) is 14.9 Å². The smallest absolute Gasteiger partial charge is 0.270 e. The summed E-state index contributed by atoms with van der Waals surface area (Å²) in [4.78, 5) is 29.4. The Kier molecular flexibility index (Phi) is 3.17. The number of nitro benzene ring substituents is 1. The Morgan fingerprint density at radius 1 is 1.25 bits per heavy atom. The van der Waals surface area contributed by atoms with Gasteiger partial charge in [-0.05, 0) is 12.0 Å². The van der Waals surface area contributed by atoms with Crippen molar-refractivity contribution in [3.8, 4) is 0 Å². The summed E-state index contributed by atoms with van der Waals surface area (Å²) in [7, 11) is 0. The average Bonchev–Trinajstić information content (AvgIpc) is 2.98. The first-order chi connectivity index (χ1) is 11.6. The summed E-state index contributed by atoms with van der Waals surface area (Å²) in [5.74, 6) is -0.283. The number of aliphatic imine (C=N–C) groups is 1. The molecule has 24 heavy (non-hydrogen) atoms. The monoisotopic (exact) mass is 322 g/mol. The Morgan fingerprint density at radius 2 is 2.00 bits per heavy atom. The van der Waals surface area contributed by atoms with Crippen molar-refractivity contribution in [3.05, 3.63) is 69.3 Å². The number of anilines is 1. The van der Waals surface area contributed by atoms with Crippen LogP contribution in [0.2, 0.25) is 0 Å². The third kappa shape index (κ3) is 2.10. The van der Waals surface area contributed by atoms with E-state index >= 15 is 0 Å². The van der Waals surface area contributed by atoms with Crippen LogP contribution in [0.25, 0.3) is 0 Å². The highest BCUT2D eigenvalue weighted by Crippen LogP contribution is 2.38. The number of carbonyl (C=O) groups is 1. The maximum Gasteiger partial charge on any atom is 0.270 e. The molecule has 0 aliphatic carbocycles. The molecule has 1 atom stereocenters. The predicted molar refractivity (Wildman–Crippen MR) is 89.2 cm³/mol. The third-order valence-corrected chi connectivity index (χ3v) is 4.35. The number of carbonyl (C=O) groups excluding carboxylic acids is 1. The second-order valence-electron chi connectivity index (χ2n) is 5.79. The van der Waals surface area contributed by atoms with Crippen molar-refractivity contribution in [2.24, 2.45) is 10.7 Å². The summed E-state index contributed by atoms with van der Waals surface area (Å²) in [6, 6.07) is 12.3. The summed E-state index contributed by atoms with van der Waals surface area (Å²) in [5.41, 5.74) is 9.31. The van der Waals surface area contributed by atoms with Crippen molar-refractivity contribution in [2.75, 3.05) is 11.4 Å². The lowest BCUT2D eigenvalue weighted by Gasteiger charge is -2.18. The Bertz CT molecular complexity index is 892. The van der Waals surface area contributed by atoms with E-state index in [0.29, 0.717) is 29.9 Å². The summed E-state index contributed by atoms with van der Waals surface area (Å²) in [5, 5.41) is 11.3. The van der Waals surface area contributed by atoms with Gasteiger partial charge in [-0.1, -0.05) is 30.3 Å². The van der Waals surface area contributed by atoms with Gasteiger partial charge in [0.25, 0.3) is 11.6 Å². The molecule has 2 aliphatic rings. The van der Waals surface area contributed by atoms with Gasteiger partial charge in [-0.3, -0.25) is 19.9 Å². The highest BCUT2D eigenvalue weighted by Gasteiger charge is 2.36. The minimum Gasteiger partial charge on any atom is -0.308 e. The van der Waals surface area contributed by atoms with E-state index in [4.69, 9.17) is 5.73 Å². The number of benzene rings is 2. The average molecular weight is 322 g/mol. The van der Waals surface area contributed by atoms with Crippen LogP contribution < -0.4 is 10.6 Å². The van der Waals surface area contributed by atoms with E-state index in [1.165, 1.54) is 12.1 Å². The lowest BCUT2D eigenvalue weighted by atomic mass is 9.97. The topological polar surface area (TPSA) is 102 Å². The van der Waals surface area contributed by atoms with E-state index < -0.39 is 11.1 Å². The van der Waals surface area contributed by atoms with Gasteiger partial charge in [0.05, 0.1) is 16.3 Å². The number of rotatable bonds is 2. The molecule has 0 aromatic heterocycles. The first-order valence-corrected chi connectivity index (χ1v) is 7.58. The molecule has 2 aromatic carbocycles. The number of nitrogens with two attached hydrogens (primary N) is 1. The fraction of sp³-hybridized carbons (Fsp3) is 0.176. The predicted octanol–water partition coefficient (Wildman–Crippen LogP) is 1.62. The van der Waals surface area contributed by atoms with Crippen LogP contribution in [0.3, 0.4) is 0 Å². The van der Waals surface area contributed by atoms with Gasteiger partial charge in [-0.25, -0.2) is 0 Å². The number of hydrogen-bond donors (Lipinski definition) is 1. The molecule has 0 bridgehead atoms. The zero-order valence-electron chi connectivity index (χ0n) is 12.7. The van der Waals surface area contributed by atoms with Gasteiger partial charge < -0.3 is 10.6 Å². The Balaban J connectivity index is 2.03. The molecule has 2 heterocycles. The molecule has 120 valence electrons. The van der Waals surface area contributed by atoms with Gasteiger partial charge in [0, 0.05) is 29.8 Å². The molecule has 7 nitrogen and oxygen atoms in total. The molecule has 4 rings (SSSR count). The quantitative estimate of drug-likeness (QED) is 0.670. The van der Waals surface area contributed by atoms with Gasteiger partial charge in [0.1, 0.15) is 0 Å². The van der Waals surface area contributed by atoms with Crippen molar-refractivity contribution >= 4 is 23.0 Å². The molecule has 0 spiro atoms. The summed E-state index contributed by atoms with van der Waals surface area (Å²) >= 11 is 0. The molecule has 7 heteroatoms. The zero-order chi connectivity index (χ0) is 16.8. The van der Waals surface area contributed by atoms with E-state index in [2.05, 4.69) is 4.99 Å². The van der Waals surface area contributed by atoms with E-state index in [1.807, 2.05) is 30.3 Å². The fourth-order valence-electron chi connectivity index (χ4n) is 3.29. The molecule has 1 unspecified atom stereocenters. The van der Waals surface area contributed by atoms with Crippen molar-refractivity contribution < 1.29 is 9.72 Å². The molecule has 1 amide bonds. The van der Waals surface area contributed by atoms with Crippen LogP contribution >= 0.6 is 0 Å². The molecular weight excluding hydrogens is 308 g/mol. The molecule has 2 aliphatic heterocycles. The molecule has 0 saturated carbocycles. The van der Waals surface area contributed by atoms with E-state index in [0.717, 1.165) is 11.1 Å². The van der Waals surface area contributed by atoms with Crippen LogP contribution in [0, 0.1) is 10.1 Å². The van der Waals surface area contributed by atoms with Gasteiger partial charge >= 0.3 is 0 Å². The maximum absolute atomic E-state index is 12.5. The number of nitro groups is 1. The minimum atomic E-state index is -1.02. The maximum atomic E-state index is 12.5. The Labute approximate surface area is 137 Å². The van der Waals surface area contributed by atoms with Gasteiger partial charge in [0.15, 0.2) is 6.17 Å². The third-order valence-electron chi connectivity index (χ3n) is 4.35. The highest BCUT2D eigenvalue weighted by atomic mass is 16.6. The van der Waals surface area contributed by atoms with Crippen molar-refractivity contribution in [3.63, 3.8) is 0 Å². The number of nitrogens with zero attached hydrogens (tertiary/aromatic N) is 3. The lowest BCUT2D eigenvalue weighted by Crippen LogP contribution is -2.41. The number of hydrogen-bond acceptors (Lipinski definition) is 5. The highest BCUT2D eigenvalue weighted by molar-refractivity contribution is 6.21. The lowest BCUT2D eigenvalue weighted by molar-refractivity contribution is -0.384. The second-order valence-corrected chi connectivity index (χ2v) is 5.79. The summed E-state index contributed by atoms with van der Waals surface area (Å²) < 4.78 is 0. The molecule has 2 aromatic rings. The SMILES string of the molecule is NC1N=C(c2ccccc2)c2cc([N+](=O)[O-])cc3c2N(CC3)C1=O. The first-order valence-electron chi connectivity index (χ1n) is 7.58. The molecule has 0 fully saturated rings. The van der Waals surface area contributed by atoms with Crippen molar-refractivity contribution in [1.82, 2.24) is 0 Å². The van der Waals surface area contributed by atoms with Crippen LogP contribution in [-0.4, -0.2) is 29.3 Å². The molecule has 0 saturated heterocycles. The minimum absolute atomic E-state index is 0.00264. The van der Waals surface area contributed by atoms with E-state index in [-0.39, 0.29) is 11.6 Å². The van der Waals surface area contributed by atoms with Crippen LogP contribution in [0.5, 0.6) is 0 Å². The Hall–Kier alpha value is -3.06. The number of amides is 1. The van der Waals surface area contributed by atoms with Gasteiger partial charge in [-0.2, -0.15) is 0 Å². The summed E-state index contributed by atoms with van der Waals surface area (Å²) in [6.45, 7) is 0.466. The molecular formula is C17H14N4O3. The van der Waals surface area contributed by atoms with Crippen LogP contribution in [0.1, 0.15) is 16.7 Å². The van der Waals surface area contributed by atoms with Crippen LogP contribution in [-0.2, 0) is 11.2 Å². The molecule has 0 radical (unpaired) electrons. The van der Waals surface area contributed by atoms with Crippen LogP contribution in [0.15, 0.2) is 47.5 Å². The van der Waals surface area contributed by atoms with Crippen molar-refractivity contribution in [2.45, 2.75) is 12.6 Å². The van der Waals surface area contributed by atoms with E-state index in [1.54, 1.807) is 4.90 Å². The fourth-order valence-corrected chi connectivity index (χ4v) is 3.29. The zero-order valence-corrected chi connectivity index (χ0v) is 12.7. The van der Waals surface area contributed by atoms with Crippen LogP contribution in [0.4, 0.5) is 11.4 Å². The normalized spacial score (nSPS) is 18.9.